The Bertz CT molecular complexity index is 670. The van der Waals surface area contributed by atoms with Crippen molar-refractivity contribution in [1.82, 2.24) is 0 Å². The van der Waals surface area contributed by atoms with Crippen molar-refractivity contribution in [3.8, 4) is 0 Å². The Morgan fingerprint density at radius 1 is 1.24 bits per heavy atom. The first-order chi connectivity index (χ1) is 10.2. The van der Waals surface area contributed by atoms with Crippen LogP contribution in [0.1, 0.15) is 17.5 Å². The van der Waals surface area contributed by atoms with Crippen LogP contribution >= 0.6 is 0 Å². The summed E-state index contributed by atoms with van der Waals surface area (Å²) in [6, 6.07) is 12.0. The van der Waals surface area contributed by atoms with Crippen LogP contribution in [-0.2, 0) is 17.6 Å². The van der Waals surface area contributed by atoms with Crippen molar-refractivity contribution in [2.75, 3.05) is 17.2 Å². The molecule has 0 fully saturated rings. The number of carbonyl (C=O) groups excluding carboxylic acids is 1. The van der Waals surface area contributed by atoms with E-state index in [2.05, 4.69) is 10.6 Å². The third-order valence-electron chi connectivity index (χ3n) is 3.62. The van der Waals surface area contributed by atoms with Crippen LogP contribution in [-0.4, -0.2) is 12.5 Å². The van der Waals surface area contributed by atoms with E-state index in [4.69, 9.17) is 0 Å². The number of hydrogen-bond acceptors (Lipinski definition) is 2. The quantitative estimate of drug-likeness (QED) is 0.907. The van der Waals surface area contributed by atoms with E-state index in [1.165, 1.54) is 12.1 Å². The second-order valence-corrected chi connectivity index (χ2v) is 5.22. The van der Waals surface area contributed by atoms with Crippen LogP contribution in [0.4, 0.5) is 15.8 Å². The van der Waals surface area contributed by atoms with Gasteiger partial charge >= 0.3 is 0 Å². The molecule has 0 aromatic heterocycles. The maximum Gasteiger partial charge on any atom is 0.228 e. The largest absolute Gasteiger partial charge is 0.385 e. The average molecular weight is 284 g/mol. The summed E-state index contributed by atoms with van der Waals surface area (Å²) in [5, 5.41) is 6.27. The summed E-state index contributed by atoms with van der Waals surface area (Å²) in [4.78, 5) is 12.1. The standard InChI is InChI=1S/C17H17FN2O/c18-13-5-1-4-12(10-13)11-17(21)20-16-8-2-7-15-14(16)6-3-9-19-15/h1-2,4-5,7-8,10,19H,3,6,9,11H2,(H,20,21). The number of hydrogen-bond donors (Lipinski definition) is 2. The van der Waals surface area contributed by atoms with E-state index < -0.39 is 0 Å². The van der Waals surface area contributed by atoms with Crippen molar-refractivity contribution in [3.63, 3.8) is 0 Å². The number of nitrogens with one attached hydrogen (secondary N) is 2. The number of anilines is 2. The molecule has 0 saturated heterocycles. The molecule has 0 bridgehead atoms. The Labute approximate surface area is 123 Å². The molecule has 1 aliphatic heterocycles. The van der Waals surface area contributed by atoms with Gasteiger partial charge in [-0.1, -0.05) is 18.2 Å². The number of fused-ring (bicyclic) bond motifs is 1. The molecule has 3 rings (SSSR count). The monoisotopic (exact) mass is 284 g/mol. The summed E-state index contributed by atoms with van der Waals surface area (Å²) in [5.41, 5.74) is 3.76. The minimum absolute atomic E-state index is 0.125. The molecule has 0 spiro atoms. The topological polar surface area (TPSA) is 41.1 Å². The van der Waals surface area contributed by atoms with Gasteiger partial charge in [-0.25, -0.2) is 4.39 Å². The molecule has 0 unspecified atom stereocenters. The second-order valence-electron chi connectivity index (χ2n) is 5.22. The summed E-state index contributed by atoms with van der Waals surface area (Å²) < 4.78 is 13.1. The predicted octanol–water partition coefficient (Wildman–Crippen LogP) is 3.37. The molecule has 0 saturated carbocycles. The van der Waals surface area contributed by atoms with Gasteiger partial charge in [-0.2, -0.15) is 0 Å². The van der Waals surface area contributed by atoms with E-state index in [0.29, 0.717) is 5.56 Å². The first-order valence-electron chi connectivity index (χ1n) is 7.12. The Kier molecular flexibility index (Phi) is 3.86. The van der Waals surface area contributed by atoms with E-state index in [0.717, 1.165) is 36.3 Å². The van der Waals surface area contributed by atoms with Crippen molar-refractivity contribution in [2.24, 2.45) is 0 Å². The maximum atomic E-state index is 13.1. The van der Waals surface area contributed by atoms with Gasteiger partial charge in [-0.05, 0) is 48.2 Å². The normalized spacial score (nSPS) is 13.2. The molecule has 4 heteroatoms. The number of halogens is 1. The molecule has 2 aromatic rings. The minimum atomic E-state index is -0.318. The third-order valence-corrected chi connectivity index (χ3v) is 3.62. The minimum Gasteiger partial charge on any atom is -0.385 e. The molecule has 2 aromatic carbocycles. The summed E-state index contributed by atoms with van der Waals surface area (Å²) >= 11 is 0. The highest BCUT2D eigenvalue weighted by Gasteiger charge is 2.14. The molecule has 0 atom stereocenters. The van der Waals surface area contributed by atoms with Crippen molar-refractivity contribution < 1.29 is 9.18 Å². The number of rotatable bonds is 3. The van der Waals surface area contributed by atoms with Crippen molar-refractivity contribution in [2.45, 2.75) is 19.3 Å². The van der Waals surface area contributed by atoms with Gasteiger partial charge in [-0.15, -0.1) is 0 Å². The lowest BCUT2D eigenvalue weighted by Gasteiger charge is -2.21. The molecule has 1 amide bonds. The molecule has 2 N–H and O–H groups in total. The lowest BCUT2D eigenvalue weighted by atomic mass is 10.0. The Morgan fingerprint density at radius 2 is 2.10 bits per heavy atom. The summed E-state index contributed by atoms with van der Waals surface area (Å²) in [6.07, 6.45) is 2.19. The molecule has 21 heavy (non-hydrogen) atoms. The third kappa shape index (κ3) is 3.21. The van der Waals surface area contributed by atoms with Crippen molar-refractivity contribution in [1.29, 1.82) is 0 Å². The first-order valence-corrected chi connectivity index (χ1v) is 7.12. The molecule has 0 aliphatic carbocycles. The van der Waals surface area contributed by atoms with Crippen LogP contribution < -0.4 is 10.6 Å². The van der Waals surface area contributed by atoms with E-state index >= 15 is 0 Å². The van der Waals surface area contributed by atoms with E-state index in [1.807, 2.05) is 18.2 Å². The van der Waals surface area contributed by atoms with Gasteiger partial charge in [0, 0.05) is 17.9 Å². The second kappa shape index (κ2) is 5.95. The van der Waals surface area contributed by atoms with Crippen LogP contribution in [0, 0.1) is 5.82 Å². The number of amides is 1. The van der Waals surface area contributed by atoms with Gasteiger partial charge in [0.2, 0.25) is 5.91 Å². The van der Waals surface area contributed by atoms with Crippen LogP contribution in [0.15, 0.2) is 42.5 Å². The zero-order chi connectivity index (χ0) is 14.7. The molecular formula is C17H17FN2O. The Morgan fingerprint density at radius 3 is 2.95 bits per heavy atom. The van der Waals surface area contributed by atoms with E-state index in [9.17, 15) is 9.18 Å². The fourth-order valence-electron chi connectivity index (χ4n) is 2.65. The highest BCUT2D eigenvalue weighted by atomic mass is 19.1. The molecule has 0 radical (unpaired) electrons. The van der Waals surface area contributed by atoms with Crippen LogP contribution in [0.5, 0.6) is 0 Å². The Balaban J connectivity index is 1.73. The molecule has 1 aliphatic rings. The highest BCUT2D eigenvalue weighted by molar-refractivity contribution is 5.94. The van der Waals surface area contributed by atoms with Crippen LogP contribution in [0.25, 0.3) is 0 Å². The number of benzene rings is 2. The Hall–Kier alpha value is -2.36. The number of carbonyl (C=O) groups is 1. The molecule has 1 heterocycles. The van der Waals surface area contributed by atoms with E-state index in [-0.39, 0.29) is 18.1 Å². The zero-order valence-corrected chi connectivity index (χ0v) is 11.7. The van der Waals surface area contributed by atoms with Gasteiger partial charge in [0.1, 0.15) is 5.82 Å². The van der Waals surface area contributed by atoms with Crippen LogP contribution in [0.2, 0.25) is 0 Å². The first kappa shape index (κ1) is 13.6. The fourth-order valence-corrected chi connectivity index (χ4v) is 2.65. The van der Waals surface area contributed by atoms with Crippen molar-refractivity contribution >= 4 is 17.3 Å². The van der Waals surface area contributed by atoms with E-state index in [1.54, 1.807) is 12.1 Å². The highest BCUT2D eigenvalue weighted by Crippen LogP contribution is 2.28. The van der Waals surface area contributed by atoms with Gasteiger partial charge in [0.05, 0.1) is 6.42 Å². The van der Waals surface area contributed by atoms with Gasteiger partial charge < -0.3 is 10.6 Å². The fraction of sp³-hybridized carbons (Fsp3) is 0.235. The maximum absolute atomic E-state index is 13.1. The lowest BCUT2D eigenvalue weighted by Crippen LogP contribution is -2.18. The van der Waals surface area contributed by atoms with Gasteiger partial charge in [0.15, 0.2) is 0 Å². The SMILES string of the molecule is O=C(Cc1cccc(F)c1)Nc1cccc2c1CCCN2. The molecule has 3 nitrogen and oxygen atoms in total. The van der Waals surface area contributed by atoms with Gasteiger partial charge in [-0.3, -0.25) is 4.79 Å². The summed E-state index contributed by atoms with van der Waals surface area (Å²) in [6.45, 7) is 0.966. The molecule has 108 valence electrons. The predicted molar refractivity (Wildman–Crippen MR) is 82.0 cm³/mol. The van der Waals surface area contributed by atoms with Gasteiger partial charge in [0.25, 0.3) is 0 Å². The average Bonchev–Trinajstić information content (AvgIpc) is 2.47. The zero-order valence-electron chi connectivity index (χ0n) is 11.7. The summed E-state index contributed by atoms with van der Waals surface area (Å²) in [7, 11) is 0. The van der Waals surface area contributed by atoms with Crippen LogP contribution in [0.3, 0.4) is 0 Å². The smallest absolute Gasteiger partial charge is 0.228 e. The van der Waals surface area contributed by atoms with Crippen molar-refractivity contribution in [3.05, 3.63) is 59.4 Å². The molecular weight excluding hydrogens is 267 g/mol. The lowest BCUT2D eigenvalue weighted by molar-refractivity contribution is -0.115. The summed E-state index contributed by atoms with van der Waals surface area (Å²) in [5.74, 6) is -0.443.